The number of hydrogen-bond acceptors (Lipinski definition) is 3. The maximum absolute atomic E-state index is 9.09. The van der Waals surface area contributed by atoms with Crippen molar-refractivity contribution in [2.75, 3.05) is 5.73 Å². The Morgan fingerprint density at radius 2 is 1.93 bits per heavy atom. The molecule has 2 aromatic rings. The zero-order valence-corrected chi connectivity index (χ0v) is 7.59. The Morgan fingerprint density at radius 1 is 1.21 bits per heavy atom. The molecule has 3 N–H and O–H groups in total. The van der Waals surface area contributed by atoms with Gasteiger partial charge in [-0.25, -0.2) is 4.68 Å². The zero-order chi connectivity index (χ0) is 9.97. The van der Waals surface area contributed by atoms with Gasteiger partial charge in [-0.05, 0) is 23.8 Å². The smallest absolute Gasteiger partial charge is 0.122 e. The lowest BCUT2D eigenvalue weighted by atomic mass is 10.2. The Labute approximate surface area is 81.6 Å². The third-order valence-corrected chi connectivity index (χ3v) is 2.02. The summed E-state index contributed by atoms with van der Waals surface area (Å²) in [4.78, 5) is 0. The molecule has 1 aromatic carbocycles. The number of nitrogen functional groups attached to an aromatic ring is 1. The van der Waals surface area contributed by atoms with E-state index in [1.165, 1.54) is 0 Å². The van der Waals surface area contributed by atoms with Gasteiger partial charge in [-0.3, -0.25) is 0 Å². The van der Waals surface area contributed by atoms with Crippen LogP contribution in [0.4, 0.5) is 5.82 Å². The van der Waals surface area contributed by atoms with Crippen molar-refractivity contribution in [3.8, 4) is 5.75 Å². The molecule has 4 heteroatoms. The van der Waals surface area contributed by atoms with Crippen LogP contribution < -0.4 is 5.73 Å². The minimum absolute atomic E-state index is 0.266. The van der Waals surface area contributed by atoms with E-state index in [0.717, 1.165) is 5.56 Å². The number of rotatable bonds is 2. The second-order valence-corrected chi connectivity index (χ2v) is 3.08. The number of nitrogens with zero attached hydrogens (tertiary/aromatic N) is 2. The summed E-state index contributed by atoms with van der Waals surface area (Å²) < 4.78 is 1.70. The molecule has 0 saturated heterocycles. The molecule has 72 valence electrons. The average Bonchev–Trinajstić information content (AvgIpc) is 2.56. The average molecular weight is 189 g/mol. The Bertz CT molecular complexity index is 419. The molecule has 14 heavy (non-hydrogen) atoms. The van der Waals surface area contributed by atoms with Gasteiger partial charge in [0.25, 0.3) is 0 Å². The predicted molar refractivity (Wildman–Crippen MR) is 53.8 cm³/mol. The van der Waals surface area contributed by atoms with Gasteiger partial charge in [0.1, 0.15) is 11.6 Å². The topological polar surface area (TPSA) is 64.1 Å². The van der Waals surface area contributed by atoms with E-state index in [2.05, 4.69) is 5.10 Å². The largest absolute Gasteiger partial charge is 0.508 e. The molecule has 0 bridgehead atoms. The third kappa shape index (κ3) is 1.69. The van der Waals surface area contributed by atoms with Gasteiger partial charge in [0, 0.05) is 0 Å². The summed E-state index contributed by atoms with van der Waals surface area (Å²) >= 11 is 0. The molecule has 4 nitrogen and oxygen atoms in total. The molecule has 0 amide bonds. The molecule has 1 aromatic heterocycles. The fourth-order valence-electron chi connectivity index (χ4n) is 1.25. The third-order valence-electron chi connectivity index (χ3n) is 2.02. The Hall–Kier alpha value is -1.97. The molecular formula is C10H11N3O. The number of nitrogens with two attached hydrogens (primary N) is 1. The maximum atomic E-state index is 9.09. The van der Waals surface area contributed by atoms with Crippen LogP contribution in [0.2, 0.25) is 0 Å². The van der Waals surface area contributed by atoms with Crippen molar-refractivity contribution >= 4 is 5.82 Å². The van der Waals surface area contributed by atoms with Crippen molar-refractivity contribution < 1.29 is 5.11 Å². The highest BCUT2D eigenvalue weighted by Gasteiger charge is 1.99. The van der Waals surface area contributed by atoms with Gasteiger partial charge in [0.15, 0.2) is 0 Å². The summed E-state index contributed by atoms with van der Waals surface area (Å²) in [6.45, 7) is 0.624. The van der Waals surface area contributed by atoms with Gasteiger partial charge in [-0.15, -0.1) is 0 Å². The van der Waals surface area contributed by atoms with Crippen molar-refractivity contribution in [3.63, 3.8) is 0 Å². The molecule has 0 radical (unpaired) electrons. The molecule has 0 saturated carbocycles. The second kappa shape index (κ2) is 3.41. The Balaban J connectivity index is 2.19. The van der Waals surface area contributed by atoms with Crippen LogP contribution in [-0.4, -0.2) is 14.9 Å². The molecule has 0 fully saturated rings. The fraction of sp³-hybridized carbons (Fsp3) is 0.100. The molecule has 1 heterocycles. The number of aromatic hydroxyl groups is 1. The van der Waals surface area contributed by atoms with Gasteiger partial charge in [0.2, 0.25) is 0 Å². The first-order valence-corrected chi connectivity index (χ1v) is 4.31. The van der Waals surface area contributed by atoms with E-state index < -0.39 is 0 Å². The minimum atomic E-state index is 0.266. The van der Waals surface area contributed by atoms with Crippen LogP contribution in [-0.2, 0) is 6.54 Å². The fourth-order valence-corrected chi connectivity index (χ4v) is 1.25. The molecule has 0 spiro atoms. The van der Waals surface area contributed by atoms with Gasteiger partial charge in [0.05, 0.1) is 12.7 Å². The number of benzene rings is 1. The van der Waals surface area contributed by atoms with Crippen LogP contribution in [0, 0.1) is 0 Å². The molecule has 0 atom stereocenters. The summed E-state index contributed by atoms with van der Waals surface area (Å²) in [5, 5.41) is 13.2. The first-order valence-electron chi connectivity index (χ1n) is 4.31. The highest BCUT2D eigenvalue weighted by molar-refractivity contribution is 5.30. The molecule has 2 rings (SSSR count). The monoisotopic (exact) mass is 189 g/mol. The summed E-state index contributed by atoms with van der Waals surface area (Å²) in [5.74, 6) is 0.903. The standard InChI is InChI=1S/C10H11N3O/c11-10-5-6-12-13(10)7-8-1-3-9(14)4-2-8/h1-6,14H,7,11H2. The normalized spacial score (nSPS) is 10.3. The minimum Gasteiger partial charge on any atom is -0.508 e. The van der Waals surface area contributed by atoms with Crippen molar-refractivity contribution in [1.82, 2.24) is 9.78 Å². The quantitative estimate of drug-likeness (QED) is 0.746. The second-order valence-electron chi connectivity index (χ2n) is 3.08. The van der Waals surface area contributed by atoms with E-state index in [-0.39, 0.29) is 5.75 Å². The lowest BCUT2D eigenvalue weighted by Gasteiger charge is -2.03. The Kier molecular flexibility index (Phi) is 2.10. The number of hydrogen-bond donors (Lipinski definition) is 2. The van der Waals surface area contributed by atoms with E-state index in [1.54, 1.807) is 29.1 Å². The highest BCUT2D eigenvalue weighted by atomic mass is 16.3. The lowest BCUT2D eigenvalue weighted by molar-refractivity contribution is 0.475. The summed E-state index contributed by atoms with van der Waals surface area (Å²) in [7, 11) is 0. The Morgan fingerprint density at radius 3 is 2.50 bits per heavy atom. The lowest BCUT2D eigenvalue weighted by Crippen LogP contribution is -2.05. The summed E-state index contributed by atoms with van der Waals surface area (Å²) in [6.07, 6.45) is 1.66. The van der Waals surface area contributed by atoms with E-state index in [4.69, 9.17) is 10.8 Å². The highest BCUT2D eigenvalue weighted by Crippen LogP contribution is 2.11. The number of phenols is 1. The molecule has 0 unspecified atom stereocenters. The van der Waals surface area contributed by atoms with E-state index in [1.807, 2.05) is 12.1 Å². The SMILES string of the molecule is Nc1ccnn1Cc1ccc(O)cc1. The number of phenolic OH excluding ortho intramolecular Hbond substituents is 1. The number of anilines is 1. The zero-order valence-electron chi connectivity index (χ0n) is 7.59. The van der Waals surface area contributed by atoms with Crippen molar-refractivity contribution in [2.45, 2.75) is 6.54 Å². The molecule has 0 aliphatic carbocycles. The van der Waals surface area contributed by atoms with Crippen molar-refractivity contribution in [1.29, 1.82) is 0 Å². The van der Waals surface area contributed by atoms with Gasteiger partial charge >= 0.3 is 0 Å². The van der Waals surface area contributed by atoms with Gasteiger partial charge < -0.3 is 10.8 Å². The summed E-state index contributed by atoms with van der Waals surface area (Å²) in [6, 6.07) is 8.73. The van der Waals surface area contributed by atoms with E-state index in [9.17, 15) is 0 Å². The first-order chi connectivity index (χ1) is 6.75. The number of aromatic nitrogens is 2. The van der Waals surface area contributed by atoms with E-state index >= 15 is 0 Å². The van der Waals surface area contributed by atoms with Gasteiger partial charge in [-0.1, -0.05) is 12.1 Å². The van der Waals surface area contributed by atoms with Crippen LogP contribution >= 0.6 is 0 Å². The van der Waals surface area contributed by atoms with Crippen LogP contribution in [0.25, 0.3) is 0 Å². The van der Waals surface area contributed by atoms with Crippen molar-refractivity contribution in [2.24, 2.45) is 0 Å². The molecular weight excluding hydrogens is 178 g/mol. The van der Waals surface area contributed by atoms with Crippen LogP contribution in [0.1, 0.15) is 5.56 Å². The molecule has 0 aliphatic heterocycles. The van der Waals surface area contributed by atoms with Crippen molar-refractivity contribution in [3.05, 3.63) is 42.1 Å². The summed E-state index contributed by atoms with van der Waals surface area (Å²) in [5.41, 5.74) is 6.72. The van der Waals surface area contributed by atoms with Crippen LogP contribution in [0.3, 0.4) is 0 Å². The molecule has 0 aliphatic rings. The predicted octanol–water partition coefficient (Wildman–Crippen LogP) is 1.22. The first kappa shape index (κ1) is 8.62. The van der Waals surface area contributed by atoms with E-state index in [0.29, 0.717) is 12.4 Å². The van der Waals surface area contributed by atoms with Crippen LogP contribution in [0.5, 0.6) is 5.75 Å². The van der Waals surface area contributed by atoms with Gasteiger partial charge in [-0.2, -0.15) is 5.10 Å². The maximum Gasteiger partial charge on any atom is 0.122 e. The van der Waals surface area contributed by atoms with Crippen LogP contribution in [0.15, 0.2) is 36.5 Å².